The zero-order chi connectivity index (χ0) is 18.6. The standard InChI is InChI=1S/C17H21N3O4S/c1-10(2)9-18-14(21)6-7-20-15(22)12-5-4-11(16(23)24-3)8-13(12)19-17(20)25/h4-5,8,10H,6-7,9H2,1-3H3,(H,18,21)(H,19,25). The number of aromatic amines is 1. The quantitative estimate of drug-likeness (QED) is 0.605. The predicted octanol–water partition coefficient (Wildman–Crippen LogP) is 2.01. The number of nitrogens with zero attached hydrogens (tertiary/aromatic N) is 1. The highest BCUT2D eigenvalue weighted by molar-refractivity contribution is 7.71. The second kappa shape index (κ2) is 8.06. The first-order chi connectivity index (χ1) is 11.8. The number of aromatic nitrogens is 2. The molecule has 0 spiro atoms. The maximum Gasteiger partial charge on any atom is 0.337 e. The molecule has 0 saturated heterocycles. The summed E-state index contributed by atoms with van der Waals surface area (Å²) >= 11 is 5.22. The third-order valence-electron chi connectivity index (χ3n) is 3.67. The van der Waals surface area contributed by atoms with Crippen molar-refractivity contribution in [1.29, 1.82) is 0 Å². The molecule has 0 aliphatic carbocycles. The summed E-state index contributed by atoms with van der Waals surface area (Å²) in [5.41, 5.74) is 0.482. The number of fused-ring (bicyclic) bond motifs is 1. The van der Waals surface area contributed by atoms with Crippen molar-refractivity contribution in [2.75, 3.05) is 13.7 Å². The van der Waals surface area contributed by atoms with E-state index in [1.807, 2.05) is 13.8 Å². The van der Waals surface area contributed by atoms with E-state index < -0.39 is 5.97 Å². The molecule has 0 radical (unpaired) electrons. The average molecular weight is 363 g/mol. The van der Waals surface area contributed by atoms with E-state index in [4.69, 9.17) is 12.2 Å². The summed E-state index contributed by atoms with van der Waals surface area (Å²) in [7, 11) is 1.29. The van der Waals surface area contributed by atoms with Crippen molar-refractivity contribution in [1.82, 2.24) is 14.9 Å². The van der Waals surface area contributed by atoms with Crippen LogP contribution >= 0.6 is 12.2 Å². The van der Waals surface area contributed by atoms with E-state index in [0.29, 0.717) is 28.9 Å². The Morgan fingerprint density at radius 3 is 2.72 bits per heavy atom. The molecule has 7 nitrogen and oxygen atoms in total. The van der Waals surface area contributed by atoms with E-state index in [2.05, 4.69) is 15.0 Å². The predicted molar refractivity (Wildman–Crippen MR) is 97.2 cm³/mol. The molecule has 0 atom stereocenters. The van der Waals surface area contributed by atoms with Crippen LogP contribution in [0.2, 0.25) is 0 Å². The summed E-state index contributed by atoms with van der Waals surface area (Å²) < 4.78 is 6.22. The molecule has 0 unspecified atom stereocenters. The number of H-pyrrole nitrogens is 1. The first kappa shape index (κ1) is 18.9. The second-order valence-electron chi connectivity index (χ2n) is 6.09. The Morgan fingerprint density at radius 2 is 2.08 bits per heavy atom. The Morgan fingerprint density at radius 1 is 1.36 bits per heavy atom. The Kier molecular flexibility index (Phi) is 6.08. The van der Waals surface area contributed by atoms with E-state index in [9.17, 15) is 14.4 Å². The Balaban J connectivity index is 2.27. The number of carbonyl (C=O) groups excluding carboxylic acids is 2. The van der Waals surface area contributed by atoms with Crippen molar-refractivity contribution in [3.05, 3.63) is 38.9 Å². The SMILES string of the molecule is COC(=O)c1ccc2c(=O)n(CCC(=O)NCC(C)C)c(=S)[nH]c2c1. The first-order valence-corrected chi connectivity index (χ1v) is 8.36. The number of amides is 1. The molecule has 25 heavy (non-hydrogen) atoms. The monoisotopic (exact) mass is 363 g/mol. The van der Waals surface area contributed by atoms with Gasteiger partial charge in [-0.25, -0.2) is 4.79 Å². The van der Waals surface area contributed by atoms with Crippen molar-refractivity contribution in [3.63, 3.8) is 0 Å². The molecule has 0 aliphatic heterocycles. The van der Waals surface area contributed by atoms with Crippen LogP contribution in [0, 0.1) is 10.7 Å². The normalized spacial score (nSPS) is 10.9. The number of ether oxygens (including phenoxy) is 1. The number of carbonyl (C=O) groups is 2. The molecule has 1 amide bonds. The molecule has 0 saturated carbocycles. The van der Waals surface area contributed by atoms with Crippen LogP contribution in [-0.2, 0) is 16.1 Å². The van der Waals surface area contributed by atoms with Gasteiger partial charge < -0.3 is 15.0 Å². The minimum atomic E-state index is -0.493. The molecule has 0 bridgehead atoms. The zero-order valence-electron chi connectivity index (χ0n) is 14.4. The van der Waals surface area contributed by atoms with Gasteiger partial charge in [-0.3, -0.25) is 14.2 Å². The molecule has 2 rings (SSSR count). The van der Waals surface area contributed by atoms with Crippen LogP contribution in [0.4, 0.5) is 0 Å². The first-order valence-electron chi connectivity index (χ1n) is 7.95. The number of esters is 1. The van der Waals surface area contributed by atoms with Crippen LogP contribution in [0.3, 0.4) is 0 Å². The molecule has 0 fully saturated rings. The number of rotatable bonds is 6. The lowest BCUT2D eigenvalue weighted by molar-refractivity contribution is -0.121. The summed E-state index contributed by atoms with van der Waals surface area (Å²) in [5, 5.41) is 3.20. The maximum atomic E-state index is 12.6. The lowest BCUT2D eigenvalue weighted by Gasteiger charge is -2.10. The van der Waals surface area contributed by atoms with Crippen LogP contribution in [0.25, 0.3) is 10.9 Å². The van der Waals surface area contributed by atoms with Crippen molar-refractivity contribution in [2.24, 2.45) is 5.92 Å². The van der Waals surface area contributed by atoms with E-state index in [1.54, 1.807) is 6.07 Å². The number of benzene rings is 1. The molecular formula is C17H21N3O4S. The third-order valence-corrected chi connectivity index (χ3v) is 4.00. The fourth-order valence-corrected chi connectivity index (χ4v) is 2.61. The van der Waals surface area contributed by atoms with Crippen molar-refractivity contribution in [3.8, 4) is 0 Å². The number of hydrogen-bond donors (Lipinski definition) is 2. The molecule has 2 aromatic rings. The minimum Gasteiger partial charge on any atom is -0.465 e. The van der Waals surface area contributed by atoms with E-state index >= 15 is 0 Å². The number of methoxy groups -OCH3 is 1. The van der Waals surface area contributed by atoms with Gasteiger partial charge in [-0.2, -0.15) is 0 Å². The van der Waals surface area contributed by atoms with Gasteiger partial charge in [0.1, 0.15) is 0 Å². The second-order valence-corrected chi connectivity index (χ2v) is 6.47. The lowest BCUT2D eigenvalue weighted by Crippen LogP contribution is -2.30. The number of nitrogens with one attached hydrogen (secondary N) is 2. The summed E-state index contributed by atoms with van der Waals surface area (Å²) in [6.07, 6.45) is 0.163. The highest BCUT2D eigenvalue weighted by Gasteiger charge is 2.11. The van der Waals surface area contributed by atoms with Gasteiger partial charge in [0, 0.05) is 19.5 Å². The van der Waals surface area contributed by atoms with Crippen LogP contribution in [0.5, 0.6) is 0 Å². The summed E-state index contributed by atoms with van der Waals surface area (Å²) in [4.78, 5) is 39.0. The van der Waals surface area contributed by atoms with Crippen LogP contribution in [0.15, 0.2) is 23.0 Å². The Bertz CT molecular complexity index is 914. The van der Waals surface area contributed by atoms with Gasteiger partial charge in [-0.15, -0.1) is 0 Å². The average Bonchev–Trinajstić information content (AvgIpc) is 2.58. The van der Waals surface area contributed by atoms with Gasteiger partial charge in [0.2, 0.25) is 5.91 Å². The van der Waals surface area contributed by atoms with Crippen molar-refractivity contribution < 1.29 is 14.3 Å². The van der Waals surface area contributed by atoms with Gasteiger partial charge >= 0.3 is 5.97 Å². The summed E-state index contributed by atoms with van der Waals surface area (Å²) in [6, 6.07) is 4.59. The summed E-state index contributed by atoms with van der Waals surface area (Å²) in [5.74, 6) is -0.262. The smallest absolute Gasteiger partial charge is 0.337 e. The van der Waals surface area contributed by atoms with Gasteiger partial charge in [0.05, 0.1) is 23.6 Å². The van der Waals surface area contributed by atoms with Gasteiger partial charge in [0.15, 0.2) is 4.77 Å². The van der Waals surface area contributed by atoms with Gasteiger partial charge in [-0.05, 0) is 36.3 Å². The van der Waals surface area contributed by atoms with Crippen LogP contribution in [0.1, 0.15) is 30.6 Å². The van der Waals surface area contributed by atoms with Gasteiger partial charge in [-0.1, -0.05) is 13.8 Å². The number of hydrogen-bond acceptors (Lipinski definition) is 5. The molecule has 1 aromatic carbocycles. The van der Waals surface area contributed by atoms with Crippen LogP contribution in [-0.4, -0.2) is 35.1 Å². The molecule has 1 aromatic heterocycles. The topological polar surface area (TPSA) is 93.2 Å². The molecule has 0 aliphatic rings. The molecule has 8 heteroatoms. The third kappa shape index (κ3) is 4.54. The Labute approximate surface area is 150 Å². The largest absolute Gasteiger partial charge is 0.465 e. The highest BCUT2D eigenvalue weighted by atomic mass is 32.1. The van der Waals surface area contributed by atoms with Crippen molar-refractivity contribution in [2.45, 2.75) is 26.8 Å². The van der Waals surface area contributed by atoms with E-state index in [-0.39, 0.29) is 29.2 Å². The zero-order valence-corrected chi connectivity index (χ0v) is 15.2. The van der Waals surface area contributed by atoms with Crippen molar-refractivity contribution >= 4 is 35.0 Å². The fraction of sp³-hybridized carbons (Fsp3) is 0.412. The van der Waals surface area contributed by atoms with Gasteiger partial charge in [0.25, 0.3) is 5.56 Å². The molecular weight excluding hydrogens is 342 g/mol. The highest BCUT2D eigenvalue weighted by Crippen LogP contribution is 2.12. The van der Waals surface area contributed by atoms with E-state index in [1.165, 1.54) is 23.8 Å². The Hall–Kier alpha value is -2.48. The van der Waals surface area contributed by atoms with E-state index in [0.717, 1.165) is 0 Å². The summed E-state index contributed by atoms with van der Waals surface area (Å²) in [6.45, 7) is 4.79. The molecule has 2 N–H and O–H groups in total. The van der Waals surface area contributed by atoms with Crippen LogP contribution < -0.4 is 10.9 Å². The molecule has 134 valence electrons. The molecule has 1 heterocycles. The maximum absolute atomic E-state index is 12.6. The minimum absolute atomic E-state index is 0.129. The lowest BCUT2D eigenvalue weighted by atomic mass is 10.1. The fourth-order valence-electron chi connectivity index (χ4n) is 2.32.